The minimum Gasteiger partial charge on any atom is -0.493 e. The number of ether oxygens (including phenoxy) is 2. The van der Waals surface area contributed by atoms with E-state index in [-0.39, 0.29) is 5.91 Å². The quantitative estimate of drug-likeness (QED) is 0.606. The van der Waals surface area contributed by atoms with E-state index in [0.717, 1.165) is 24.0 Å². The monoisotopic (exact) mass is 365 g/mol. The van der Waals surface area contributed by atoms with Gasteiger partial charge in [0.25, 0.3) is 5.91 Å². The molecular weight excluding hydrogens is 342 g/mol. The van der Waals surface area contributed by atoms with E-state index in [1.165, 1.54) is 0 Å². The highest BCUT2D eigenvalue weighted by Gasteiger charge is 2.16. The number of hydrogen-bond acceptors (Lipinski definition) is 4. The van der Waals surface area contributed by atoms with Crippen molar-refractivity contribution in [1.29, 1.82) is 0 Å². The molecular formula is C21H23N3O3. The number of nitrogens with zero attached hydrogens (tertiary/aromatic N) is 2. The first-order chi connectivity index (χ1) is 13.2. The highest BCUT2D eigenvalue weighted by Crippen LogP contribution is 2.28. The number of aryl methyl sites for hydroxylation is 1. The van der Waals surface area contributed by atoms with E-state index in [2.05, 4.69) is 23.8 Å². The number of methoxy groups -OCH3 is 1. The maximum atomic E-state index is 12.8. The van der Waals surface area contributed by atoms with Crippen molar-refractivity contribution in [2.75, 3.05) is 19.0 Å². The lowest BCUT2D eigenvalue weighted by molar-refractivity contribution is 0.102. The van der Waals surface area contributed by atoms with Crippen molar-refractivity contribution >= 4 is 22.9 Å². The molecule has 1 N–H and O–H groups in total. The molecule has 27 heavy (non-hydrogen) atoms. The maximum Gasteiger partial charge on any atom is 0.258 e. The molecule has 3 rings (SSSR count). The Bertz CT molecular complexity index is 962. The Labute approximate surface area is 158 Å². The van der Waals surface area contributed by atoms with Gasteiger partial charge in [0.15, 0.2) is 11.5 Å². The van der Waals surface area contributed by atoms with E-state index in [0.29, 0.717) is 29.6 Å². The normalized spacial score (nSPS) is 10.6. The number of carbonyl (C=O) groups is 1. The molecule has 0 atom stereocenters. The lowest BCUT2D eigenvalue weighted by atomic mass is 10.2. The minimum atomic E-state index is -0.253. The van der Waals surface area contributed by atoms with Gasteiger partial charge < -0.3 is 14.0 Å². The molecule has 0 bridgehead atoms. The second-order valence-corrected chi connectivity index (χ2v) is 6.00. The van der Waals surface area contributed by atoms with Crippen molar-refractivity contribution in [2.45, 2.75) is 19.9 Å². The number of rotatable bonds is 8. The standard InChI is InChI=1S/C21H23N3O3/c1-4-12-24-17-9-7-6-8-16(17)22-21(24)23-20(25)15-10-11-18(27-13-5-2)19(14-15)26-3/h5-11,14H,2,4,12-13H2,1,3H3,(H,22,23,25). The topological polar surface area (TPSA) is 65.4 Å². The van der Waals surface area contributed by atoms with Crippen LogP contribution in [0.25, 0.3) is 11.0 Å². The third-order valence-corrected chi connectivity index (χ3v) is 4.11. The zero-order valence-corrected chi connectivity index (χ0v) is 15.6. The van der Waals surface area contributed by atoms with Crippen LogP contribution in [-0.4, -0.2) is 29.2 Å². The summed E-state index contributed by atoms with van der Waals surface area (Å²) in [6.07, 6.45) is 2.59. The number of nitrogens with one attached hydrogen (secondary N) is 1. The van der Waals surface area contributed by atoms with Gasteiger partial charge in [0, 0.05) is 12.1 Å². The Balaban J connectivity index is 1.88. The average Bonchev–Trinajstić information content (AvgIpc) is 3.03. The molecule has 140 valence electrons. The number of carbonyl (C=O) groups excluding carboxylic acids is 1. The molecule has 3 aromatic rings. The van der Waals surface area contributed by atoms with Crippen LogP contribution in [0.3, 0.4) is 0 Å². The third kappa shape index (κ3) is 3.95. The van der Waals surface area contributed by atoms with Gasteiger partial charge in [-0.05, 0) is 36.8 Å². The van der Waals surface area contributed by atoms with Crippen LogP contribution in [0, 0.1) is 0 Å². The number of fused-ring (bicyclic) bond motifs is 1. The molecule has 6 nitrogen and oxygen atoms in total. The highest BCUT2D eigenvalue weighted by molar-refractivity contribution is 6.04. The van der Waals surface area contributed by atoms with Crippen LogP contribution < -0.4 is 14.8 Å². The van der Waals surface area contributed by atoms with Crippen LogP contribution in [0.5, 0.6) is 11.5 Å². The van der Waals surface area contributed by atoms with Crippen LogP contribution in [0.1, 0.15) is 23.7 Å². The summed E-state index contributed by atoms with van der Waals surface area (Å²) in [7, 11) is 1.54. The summed E-state index contributed by atoms with van der Waals surface area (Å²) in [4.78, 5) is 17.3. The van der Waals surface area contributed by atoms with Crippen molar-refractivity contribution in [3.05, 3.63) is 60.7 Å². The Morgan fingerprint density at radius 2 is 2.07 bits per heavy atom. The van der Waals surface area contributed by atoms with Crippen LogP contribution in [0.2, 0.25) is 0 Å². The lowest BCUT2D eigenvalue weighted by Gasteiger charge is -2.12. The van der Waals surface area contributed by atoms with Crippen LogP contribution in [-0.2, 0) is 6.54 Å². The van der Waals surface area contributed by atoms with Gasteiger partial charge in [-0.15, -0.1) is 0 Å². The Hall–Kier alpha value is -3.28. The fraction of sp³-hybridized carbons (Fsp3) is 0.238. The summed E-state index contributed by atoms with van der Waals surface area (Å²) in [6, 6.07) is 12.9. The number of benzene rings is 2. The second kappa shape index (κ2) is 8.40. The van der Waals surface area contributed by atoms with Crippen LogP contribution >= 0.6 is 0 Å². The van der Waals surface area contributed by atoms with Gasteiger partial charge in [-0.2, -0.15) is 0 Å². The first-order valence-electron chi connectivity index (χ1n) is 8.86. The molecule has 0 unspecified atom stereocenters. The molecule has 0 aliphatic heterocycles. The van der Waals surface area contributed by atoms with Gasteiger partial charge >= 0.3 is 0 Å². The SMILES string of the molecule is C=CCOc1ccc(C(=O)Nc2nc3ccccc3n2CCC)cc1OC. The molecule has 0 fully saturated rings. The van der Waals surface area contributed by atoms with Gasteiger partial charge in [0.1, 0.15) is 6.61 Å². The summed E-state index contributed by atoms with van der Waals surface area (Å²) in [5.74, 6) is 1.34. The van der Waals surface area contributed by atoms with Crippen molar-refractivity contribution in [2.24, 2.45) is 0 Å². The Morgan fingerprint density at radius 3 is 2.81 bits per heavy atom. The number of imidazole rings is 1. The predicted molar refractivity (Wildman–Crippen MR) is 107 cm³/mol. The van der Waals surface area contributed by atoms with E-state index in [9.17, 15) is 4.79 Å². The number of anilines is 1. The van der Waals surface area contributed by atoms with E-state index < -0.39 is 0 Å². The molecule has 6 heteroatoms. The van der Waals surface area contributed by atoms with Gasteiger partial charge in [0.2, 0.25) is 5.95 Å². The summed E-state index contributed by atoms with van der Waals surface area (Å²) in [6.45, 7) is 6.85. The fourth-order valence-electron chi connectivity index (χ4n) is 2.87. The molecule has 1 amide bonds. The molecule has 2 aromatic carbocycles. The zero-order chi connectivity index (χ0) is 19.2. The summed E-state index contributed by atoms with van der Waals surface area (Å²) in [5, 5.41) is 2.92. The molecule has 0 spiro atoms. The van der Waals surface area contributed by atoms with Crippen LogP contribution in [0.4, 0.5) is 5.95 Å². The molecule has 0 saturated heterocycles. The van der Waals surface area contributed by atoms with E-state index in [1.807, 2.05) is 28.8 Å². The van der Waals surface area contributed by atoms with E-state index >= 15 is 0 Å². The highest BCUT2D eigenvalue weighted by atomic mass is 16.5. The van der Waals surface area contributed by atoms with Crippen molar-refractivity contribution < 1.29 is 14.3 Å². The number of para-hydroxylation sites is 2. The average molecular weight is 365 g/mol. The largest absolute Gasteiger partial charge is 0.493 e. The van der Waals surface area contributed by atoms with Crippen molar-refractivity contribution in [3.63, 3.8) is 0 Å². The summed E-state index contributed by atoms with van der Waals surface area (Å²) >= 11 is 0. The van der Waals surface area contributed by atoms with E-state index in [4.69, 9.17) is 9.47 Å². The molecule has 0 aliphatic carbocycles. The first-order valence-corrected chi connectivity index (χ1v) is 8.86. The smallest absolute Gasteiger partial charge is 0.258 e. The fourth-order valence-corrected chi connectivity index (χ4v) is 2.87. The lowest BCUT2D eigenvalue weighted by Crippen LogP contribution is -2.16. The predicted octanol–water partition coefficient (Wildman–Crippen LogP) is 4.27. The Kier molecular flexibility index (Phi) is 5.76. The molecule has 1 heterocycles. The first kappa shape index (κ1) is 18.5. The van der Waals surface area contributed by atoms with Crippen LogP contribution in [0.15, 0.2) is 55.1 Å². The molecule has 1 aromatic heterocycles. The van der Waals surface area contributed by atoms with Crippen molar-refractivity contribution in [3.8, 4) is 11.5 Å². The van der Waals surface area contributed by atoms with Gasteiger partial charge in [0.05, 0.1) is 18.1 Å². The molecule has 0 saturated carbocycles. The van der Waals surface area contributed by atoms with Crippen molar-refractivity contribution in [1.82, 2.24) is 9.55 Å². The number of amides is 1. The van der Waals surface area contributed by atoms with Gasteiger partial charge in [-0.25, -0.2) is 4.98 Å². The number of aromatic nitrogens is 2. The third-order valence-electron chi connectivity index (χ3n) is 4.11. The summed E-state index contributed by atoms with van der Waals surface area (Å²) in [5.41, 5.74) is 2.32. The number of hydrogen-bond donors (Lipinski definition) is 1. The minimum absolute atomic E-state index is 0.253. The maximum absolute atomic E-state index is 12.8. The van der Waals surface area contributed by atoms with E-state index in [1.54, 1.807) is 31.4 Å². The summed E-state index contributed by atoms with van der Waals surface area (Å²) < 4.78 is 12.9. The second-order valence-electron chi connectivity index (χ2n) is 6.00. The van der Waals surface area contributed by atoms with Gasteiger partial charge in [-0.3, -0.25) is 10.1 Å². The zero-order valence-electron chi connectivity index (χ0n) is 15.6. The molecule has 0 aliphatic rings. The molecule has 0 radical (unpaired) electrons. The van der Waals surface area contributed by atoms with Gasteiger partial charge in [-0.1, -0.05) is 31.7 Å². The Morgan fingerprint density at radius 1 is 1.26 bits per heavy atom.